The molecule has 0 aliphatic rings. The second-order valence-electron chi connectivity index (χ2n) is 13.0. The maximum absolute atomic E-state index is 4.37. The van der Waals surface area contributed by atoms with Crippen molar-refractivity contribution in [1.29, 1.82) is 0 Å². The minimum absolute atomic E-state index is 0.155. The van der Waals surface area contributed by atoms with Crippen LogP contribution in [0, 0.1) is 51.4 Å². The first-order chi connectivity index (χ1) is 19.6. The van der Waals surface area contributed by atoms with Gasteiger partial charge in [0, 0.05) is 0 Å². The molecular weight excluding hydrogens is 504 g/mol. The van der Waals surface area contributed by atoms with E-state index >= 15 is 0 Å². The highest BCUT2D eigenvalue weighted by Gasteiger charge is 2.45. The number of aryl methyl sites for hydroxylation is 4. The average Bonchev–Trinajstić information content (AvgIpc) is 2.95. The van der Waals surface area contributed by atoms with Crippen molar-refractivity contribution >= 4 is 0 Å². The van der Waals surface area contributed by atoms with E-state index < -0.39 is 0 Å². The minimum atomic E-state index is 0.155. The Kier molecular flexibility index (Phi) is 15.0. The van der Waals surface area contributed by atoms with Crippen LogP contribution in [0.15, 0.2) is 103 Å². The third-order valence-electron chi connectivity index (χ3n) is 9.61. The third kappa shape index (κ3) is 10.3. The summed E-state index contributed by atoms with van der Waals surface area (Å²) in [5.41, 5.74) is 12.5. The molecule has 0 spiro atoms. The standard InChI is InChI=1S/C19H34.C13H12.C10H14/c1-10-18(8,16(5)6)19(9,11-2)17(7)14-12-13-15(3)4;1-11-6-5-9-13(10-11)12-7-3-2-4-8-12;1-7-5-8(2)10(4)9(3)6-7/h12-14,16H,7,10-11H2,1-6,8-9H3;2-10H,1H3;5-6H,1-4H3/b14-12-;;. The Balaban J connectivity index is 0.000000331. The van der Waals surface area contributed by atoms with E-state index in [1.54, 1.807) is 0 Å². The Labute approximate surface area is 260 Å². The van der Waals surface area contributed by atoms with Crippen molar-refractivity contribution in [2.45, 2.75) is 103 Å². The van der Waals surface area contributed by atoms with Crippen LogP contribution in [0.1, 0.15) is 96.0 Å². The summed E-state index contributed by atoms with van der Waals surface area (Å²) in [5, 5.41) is 0. The fourth-order valence-electron chi connectivity index (χ4n) is 5.68. The molecule has 0 amide bonds. The quantitative estimate of drug-likeness (QED) is 0.239. The highest BCUT2D eigenvalue weighted by atomic mass is 14.5. The zero-order valence-electron chi connectivity index (χ0n) is 29.3. The van der Waals surface area contributed by atoms with E-state index in [0.717, 1.165) is 6.42 Å². The molecule has 3 rings (SSSR count). The van der Waals surface area contributed by atoms with Crippen LogP contribution in [0.4, 0.5) is 0 Å². The molecular formula is C42H60. The maximum Gasteiger partial charge on any atom is -0.00277 e. The molecule has 0 bridgehead atoms. The molecule has 2 atom stereocenters. The third-order valence-corrected chi connectivity index (χ3v) is 9.61. The monoisotopic (exact) mass is 564 g/mol. The first kappa shape index (κ1) is 36.9. The van der Waals surface area contributed by atoms with Gasteiger partial charge in [0.05, 0.1) is 0 Å². The van der Waals surface area contributed by atoms with Crippen molar-refractivity contribution < 1.29 is 0 Å². The fourth-order valence-corrected chi connectivity index (χ4v) is 5.68. The van der Waals surface area contributed by atoms with Crippen LogP contribution in [0.5, 0.6) is 0 Å². The lowest BCUT2D eigenvalue weighted by atomic mass is 9.54. The maximum atomic E-state index is 4.37. The predicted molar refractivity (Wildman–Crippen MR) is 191 cm³/mol. The number of rotatable bonds is 8. The van der Waals surface area contributed by atoms with Gasteiger partial charge in [0.25, 0.3) is 0 Å². The van der Waals surface area contributed by atoms with Gasteiger partial charge in [-0.1, -0.05) is 150 Å². The molecule has 0 aliphatic carbocycles. The molecule has 0 saturated heterocycles. The number of allylic oxidation sites excluding steroid dienone is 5. The van der Waals surface area contributed by atoms with Crippen molar-refractivity contribution in [3.63, 3.8) is 0 Å². The summed E-state index contributed by atoms with van der Waals surface area (Å²) in [6.45, 7) is 33.4. The van der Waals surface area contributed by atoms with Crippen molar-refractivity contribution in [3.8, 4) is 11.1 Å². The van der Waals surface area contributed by atoms with Crippen LogP contribution in [0.25, 0.3) is 11.1 Å². The summed E-state index contributed by atoms with van der Waals surface area (Å²) in [5.74, 6) is 0.649. The van der Waals surface area contributed by atoms with E-state index in [1.165, 1.54) is 56.5 Å². The Bertz CT molecular complexity index is 1290. The Morgan fingerprint density at radius 1 is 0.738 bits per heavy atom. The molecule has 3 aromatic carbocycles. The molecule has 2 unspecified atom stereocenters. The molecule has 0 heteroatoms. The summed E-state index contributed by atoms with van der Waals surface area (Å²) >= 11 is 0. The van der Waals surface area contributed by atoms with E-state index in [4.69, 9.17) is 0 Å². The average molecular weight is 565 g/mol. The summed E-state index contributed by atoms with van der Waals surface area (Å²) in [6.07, 6.45) is 8.81. The molecule has 228 valence electrons. The van der Waals surface area contributed by atoms with Crippen molar-refractivity contribution in [2.75, 3.05) is 0 Å². The fraction of sp³-hybridized carbons (Fsp3) is 0.429. The van der Waals surface area contributed by atoms with Gasteiger partial charge in [-0.3, -0.25) is 0 Å². The van der Waals surface area contributed by atoms with E-state index in [9.17, 15) is 0 Å². The molecule has 0 aromatic heterocycles. The van der Waals surface area contributed by atoms with Gasteiger partial charge in [-0.25, -0.2) is 0 Å². The first-order valence-electron chi connectivity index (χ1n) is 15.8. The van der Waals surface area contributed by atoms with Crippen LogP contribution in [-0.4, -0.2) is 0 Å². The van der Waals surface area contributed by atoms with Crippen molar-refractivity contribution in [2.24, 2.45) is 16.7 Å². The first-order valence-corrected chi connectivity index (χ1v) is 15.8. The Hall–Kier alpha value is -3.12. The summed E-state index contributed by atoms with van der Waals surface area (Å²) < 4.78 is 0. The molecule has 0 aliphatic heterocycles. The summed E-state index contributed by atoms with van der Waals surface area (Å²) in [6, 6.07) is 23.4. The van der Waals surface area contributed by atoms with Gasteiger partial charge in [0.15, 0.2) is 0 Å². The topological polar surface area (TPSA) is 0 Å². The van der Waals surface area contributed by atoms with Gasteiger partial charge in [-0.2, -0.15) is 0 Å². The van der Waals surface area contributed by atoms with Gasteiger partial charge in [-0.05, 0) is 111 Å². The lowest BCUT2D eigenvalue weighted by molar-refractivity contribution is 0.0459. The van der Waals surface area contributed by atoms with Crippen molar-refractivity contribution in [3.05, 3.63) is 131 Å². The molecule has 3 aromatic rings. The van der Waals surface area contributed by atoms with Crippen molar-refractivity contribution in [1.82, 2.24) is 0 Å². The molecule has 0 heterocycles. The Morgan fingerprint density at radius 3 is 1.74 bits per heavy atom. The van der Waals surface area contributed by atoms with Crippen LogP contribution >= 0.6 is 0 Å². The van der Waals surface area contributed by atoms with Crippen LogP contribution < -0.4 is 0 Å². The van der Waals surface area contributed by atoms with Crippen LogP contribution in [-0.2, 0) is 0 Å². The summed E-state index contributed by atoms with van der Waals surface area (Å²) in [4.78, 5) is 0. The van der Waals surface area contributed by atoms with E-state index in [1.807, 2.05) is 6.07 Å². The molecule has 0 nitrogen and oxygen atoms in total. The molecule has 42 heavy (non-hydrogen) atoms. The van der Waals surface area contributed by atoms with E-state index in [-0.39, 0.29) is 10.8 Å². The number of benzene rings is 3. The van der Waals surface area contributed by atoms with Gasteiger partial charge >= 0.3 is 0 Å². The number of hydrogen-bond donors (Lipinski definition) is 0. The Morgan fingerprint density at radius 2 is 1.29 bits per heavy atom. The van der Waals surface area contributed by atoms with Crippen LogP contribution in [0.3, 0.4) is 0 Å². The second-order valence-corrected chi connectivity index (χ2v) is 13.0. The zero-order valence-corrected chi connectivity index (χ0v) is 29.3. The van der Waals surface area contributed by atoms with Gasteiger partial charge in [0.2, 0.25) is 0 Å². The van der Waals surface area contributed by atoms with E-state index in [2.05, 4.69) is 175 Å². The lowest BCUT2D eigenvalue weighted by Crippen LogP contribution is -2.41. The molecule has 0 fully saturated rings. The van der Waals surface area contributed by atoms with Gasteiger partial charge < -0.3 is 0 Å². The van der Waals surface area contributed by atoms with Gasteiger partial charge in [-0.15, -0.1) is 0 Å². The lowest BCUT2D eigenvalue weighted by Gasteiger charge is -2.50. The molecule has 0 saturated carbocycles. The highest BCUT2D eigenvalue weighted by molar-refractivity contribution is 5.63. The normalized spacial score (nSPS) is 13.7. The minimum Gasteiger partial charge on any atom is -0.0953 e. The summed E-state index contributed by atoms with van der Waals surface area (Å²) in [7, 11) is 0. The number of hydrogen-bond acceptors (Lipinski definition) is 0. The zero-order chi connectivity index (χ0) is 32.1. The van der Waals surface area contributed by atoms with Crippen LogP contribution in [0.2, 0.25) is 0 Å². The smallest absolute Gasteiger partial charge is 0.00277 e. The van der Waals surface area contributed by atoms with Gasteiger partial charge in [0.1, 0.15) is 0 Å². The molecule has 0 radical (unpaired) electrons. The SMILES string of the molecule is C=C(/C=C\C=C(C)C)C(C)(CC)C(C)(CC)C(C)C.Cc1cc(C)c(C)c(C)c1.Cc1cccc(-c2ccccc2)c1. The highest BCUT2D eigenvalue weighted by Crippen LogP contribution is 2.53. The predicted octanol–water partition coefficient (Wildman–Crippen LogP) is 13.1. The van der Waals surface area contributed by atoms with E-state index in [0.29, 0.717) is 5.92 Å². The second kappa shape index (κ2) is 17.1. The largest absolute Gasteiger partial charge is 0.0953 e. The molecule has 0 N–H and O–H groups in total.